The molecule has 186 valence electrons. The molecule has 4 rings (SSSR count). The molecule has 1 spiro atoms. The average molecular weight is 480 g/mol. The number of benzene rings is 2. The predicted molar refractivity (Wildman–Crippen MR) is 132 cm³/mol. The first-order valence-electron chi connectivity index (χ1n) is 12.0. The summed E-state index contributed by atoms with van der Waals surface area (Å²) >= 11 is 0. The molecule has 0 unspecified atom stereocenters. The molecule has 8 heteroatoms. The summed E-state index contributed by atoms with van der Waals surface area (Å²) < 4.78 is 5.34. The molecule has 1 fully saturated rings. The van der Waals surface area contributed by atoms with E-state index in [1.165, 1.54) is 0 Å². The standard InChI is InChI=1S/C27H33N3O5/c1-17(2)11-23(29-26(34)35-15-19-7-5-4-6-8-19)24(32)30-16-27(13-20(30)14-31)21-12-18(3)9-10-22(21)28-25(27)33/h4-10,12,17,20,23,31H,11,13-16H2,1-3H3,(H,28,33)(H,29,34)/t20-,23-,27-/m0/s1. The number of nitrogens with one attached hydrogen (secondary N) is 2. The number of nitrogens with zero attached hydrogens (tertiary/aromatic N) is 1. The summed E-state index contributed by atoms with van der Waals surface area (Å²) in [5, 5.41) is 15.8. The van der Waals surface area contributed by atoms with Crippen molar-refractivity contribution in [3.8, 4) is 0 Å². The molecule has 2 aromatic carbocycles. The van der Waals surface area contributed by atoms with E-state index in [1.54, 1.807) is 4.90 Å². The largest absolute Gasteiger partial charge is 0.445 e. The van der Waals surface area contributed by atoms with Crippen molar-refractivity contribution in [3.63, 3.8) is 0 Å². The molecule has 0 saturated carbocycles. The van der Waals surface area contributed by atoms with Crippen molar-refractivity contribution in [2.75, 3.05) is 18.5 Å². The molecular weight excluding hydrogens is 446 g/mol. The Morgan fingerprint density at radius 3 is 2.66 bits per heavy atom. The van der Waals surface area contributed by atoms with Crippen LogP contribution >= 0.6 is 0 Å². The van der Waals surface area contributed by atoms with Gasteiger partial charge in [-0.1, -0.05) is 61.9 Å². The molecule has 3 atom stereocenters. The highest BCUT2D eigenvalue weighted by Crippen LogP contribution is 2.46. The Kier molecular flexibility index (Phi) is 7.12. The Balaban J connectivity index is 1.52. The number of rotatable bonds is 7. The van der Waals surface area contributed by atoms with Gasteiger partial charge in [0.25, 0.3) is 0 Å². The molecule has 1 saturated heterocycles. The maximum Gasteiger partial charge on any atom is 0.408 e. The maximum absolute atomic E-state index is 13.7. The van der Waals surface area contributed by atoms with Crippen molar-refractivity contribution in [1.82, 2.24) is 10.2 Å². The molecule has 0 bridgehead atoms. The smallest absolute Gasteiger partial charge is 0.408 e. The highest BCUT2D eigenvalue weighted by atomic mass is 16.5. The van der Waals surface area contributed by atoms with Crippen LogP contribution in [0.4, 0.5) is 10.5 Å². The zero-order chi connectivity index (χ0) is 25.2. The highest BCUT2D eigenvalue weighted by Gasteiger charge is 2.56. The third-order valence-electron chi connectivity index (χ3n) is 6.84. The summed E-state index contributed by atoms with van der Waals surface area (Å²) in [6, 6.07) is 13.7. The minimum Gasteiger partial charge on any atom is -0.445 e. The second-order valence-corrected chi connectivity index (χ2v) is 9.98. The molecule has 2 aromatic rings. The number of aliphatic hydroxyl groups is 1. The predicted octanol–water partition coefficient (Wildman–Crippen LogP) is 3.12. The first-order chi connectivity index (χ1) is 16.7. The van der Waals surface area contributed by atoms with Crippen molar-refractivity contribution < 1.29 is 24.2 Å². The minimum absolute atomic E-state index is 0.0949. The number of carbonyl (C=O) groups excluding carboxylic acids is 3. The van der Waals surface area contributed by atoms with E-state index in [9.17, 15) is 19.5 Å². The van der Waals surface area contributed by atoms with Gasteiger partial charge in [-0.25, -0.2) is 4.79 Å². The Bertz CT molecular complexity index is 1100. The molecular formula is C27H33N3O5. The van der Waals surface area contributed by atoms with Gasteiger partial charge in [-0.3, -0.25) is 9.59 Å². The topological polar surface area (TPSA) is 108 Å². The lowest BCUT2D eigenvalue weighted by molar-refractivity contribution is -0.135. The van der Waals surface area contributed by atoms with Crippen LogP contribution in [0.1, 0.15) is 43.4 Å². The molecule has 0 aliphatic carbocycles. The van der Waals surface area contributed by atoms with Gasteiger partial charge >= 0.3 is 6.09 Å². The fourth-order valence-electron chi connectivity index (χ4n) is 5.10. The second kappa shape index (κ2) is 10.1. The number of fused-ring (bicyclic) bond motifs is 2. The highest BCUT2D eigenvalue weighted by molar-refractivity contribution is 6.07. The minimum atomic E-state index is -0.916. The van der Waals surface area contributed by atoms with Gasteiger partial charge in [-0.2, -0.15) is 0 Å². The Morgan fingerprint density at radius 2 is 1.97 bits per heavy atom. The van der Waals surface area contributed by atoms with Gasteiger partial charge < -0.3 is 25.4 Å². The fourth-order valence-corrected chi connectivity index (χ4v) is 5.10. The number of alkyl carbamates (subject to hydrolysis) is 1. The van der Waals surface area contributed by atoms with Crippen LogP contribution in [-0.2, 0) is 26.3 Å². The Labute approximate surface area is 205 Å². The molecule has 35 heavy (non-hydrogen) atoms. The van der Waals surface area contributed by atoms with Gasteiger partial charge in [-0.05, 0) is 42.9 Å². The van der Waals surface area contributed by atoms with Gasteiger partial charge in [0.2, 0.25) is 11.8 Å². The number of hydrogen-bond acceptors (Lipinski definition) is 5. The maximum atomic E-state index is 13.7. The summed E-state index contributed by atoms with van der Waals surface area (Å²) in [5.41, 5.74) is 2.54. The van der Waals surface area contributed by atoms with Gasteiger partial charge in [0.1, 0.15) is 12.6 Å². The number of carbonyl (C=O) groups is 3. The number of aryl methyl sites for hydroxylation is 1. The van der Waals surface area contributed by atoms with Crippen LogP contribution in [0.2, 0.25) is 0 Å². The van der Waals surface area contributed by atoms with Crippen LogP contribution in [-0.4, -0.2) is 53.1 Å². The number of likely N-dealkylation sites (tertiary alicyclic amines) is 1. The quantitative estimate of drug-likeness (QED) is 0.566. The average Bonchev–Trinajstić information content (AvgIpc) is 3.35. The van der Waals surface area contributed by atoms with Gasteiger partial charge in [0, 0.05) is 12.2 Å². The summed E-state index contributed by atoms with van der Waals surface area (Å²) in [6.07, 6.45) is 0.0506. The molecule has 2 heterocycles. The summed E-state index contributed by atoms with van der Waals surface area (Å²) in [4.78, 5) is 40.9. The molecule has 3 amide bonds. The number of ether oxygens (including phenoxy) is 1. The first kappa shape index (κ1) is 24.7. The summed E-state index contributed by atoms with van der Waals surface area (Å²) in [7, 11) is 0. The molecule has 8 nitrogen and oxygen atoms in total. The Morgan fingerprint density at radius 1 is 1.23 bits per heavy atom. The normalized spacial score (nSPS) is 21.7. The van der Waals surface area contributed by atoms with Crippen molar-refractivity contribution in [2.24, 2.45) is 5.92 Å². The van der Waals surface area contributed by atoms with Crippen molar-refractivity contribution in [2.45, 2.75) is 57.7 Å². The van der Waals surface area contributed by atoms with E-state index in [0.717, 1.165) is 22.4 Å². The molecule has 0 aromatic heterocycles. The van der Waals surface area contributed by atoms with Crippen LogP contribution in [0.25, 0.3) is 0 Å². The van der Waals surface area contributed by atoms with E-state index in [0.29, 0.717) is 12.8 Å². The van der Waals surface area contributed by atoms with Gasteiger partial charge in [0.05, 0.1) is 18.1 Å². The van der Waals surface area contributed by atoms with Crippen molar-refractivity contribution >= 4 is 23.6 Å². The monoisotopic (exact) mass is 479 g/mol. The van der Waals surface area contributed by atoms with E-state index >= 15 is 0 Å². The van der Waals surface area contributed by atoms with Crippen LogP contribution in [0.5, 0.6) is 0 Å². The number of aliphatic hydroxyl groups excluding tert-OH is 1. The first-order valence-corrected chi connectivity index (χ1v) is 12.0. The van der Waals surface area contributed by atoms with Crippen LogP contribution in [0, 0.1) is 12.8 Å². The van der Waals surface area contributed by atoms with E-state index in [2.05, 4.69) is 10.6 Å². The summed E-state index contributed by atoms with van der Waals surface area (Å²) in [6.45, 7) is 5.87. The van der Waals surface area contributed by atoms with Gasteiger partial charge in [0.15, 0.2) is 0 Å². The number of hydrogen-bond donors (Lipinski definition) is 3. The zero-order valence-electron chi connectivity index (χ0n) is 20.4. The Hall–Kier alpha value is -3.39. The van der Waals surface area contributed by atoms with E-state index in [1.807, 2.05) is 69.3 Å². The van der Waals surface area contributed by atoms with E-state index in [4.69, 9.17) is 4.74 Å². The lowest BCUT2D eigenvalue weighted by Crippen LogP contribution is -2.52. The zero-order valence-corrected chi connectivity index (χ0v) is 20.4. The van der Waals surface area contributed by atoms with Crippen LogP contribution in [0.15, 0.2) is 48.5 Å². The van der Waals surface area contributed by atoms with Crippen LogP contribution < -0.4 is 10.6 Å². The third kappa shape index (κ3) is 5.03. The SMILES string of the molecule is Cc1ccc2c(c1)[C@@]1(C[C@@H](CO)N(C(=O)[C@H](CC(C)C)NC(=O)OCc3ccccc3)C1)C(=O)N2. The van der Waals surface area contributed by atoms with Gasteiger partial charge in [-0.15, -0.1) is 0 Å². The molecule has 2 aliphatic rings. The number of amides is 3. The lowest BCUT2D eigenvalue weighted by Gasteiger charge is -2.29. The van der Waals surface area contributed by atoms with E-state index < -0.39 is 23.6 Å². The summed E-state index contributed by atoms with van der Waals surface area (Å²) in [5.74, 6) is -0.358. The number of anilines is 1. The van der Waals surface area contributed by atoms with Crippen LogP contribution in [0.3, 0.4) is 0 Å². The second-order valence-electron chi connectivity index (χ2n) is 9.98. The molecule has 2 aliphatic heterocycles. The van der Waals surface area contributed by atoms with Crippen molar-refractivity contribution in [1.29, 1.82) is 0 Å². The molecule has 3 N–H and O–H groups in total. The molecule has 0 radical (unpaired) electrons. The van der Waals surface area contributed by atoms with E-state index in [-0.39, 0.29) is 37.5 Å². The fraction of sp³-hybridized carbons (Fsp3) is 0.444. The van der Waals surface area contributed by atoms with Crippen molar-refractivity contribution in [3.05, 3.63) is 65.2 Å². The lowest BCUT2D eigenvalue weighted by atomic mass is 9.79. The third-order valence-corrected chi connectivity index (χ3v) is 6.84.